The minimum Gasteiger partial charge on any atom is -0.386 e. The number of phosphoric acid groups is 2. The third-order valence-electron chi connectivity index (χ3n) is 7.24. The number of hydrogen-bond acceptors (Lipinski definition) is 15. The third-order valence-corrected chi connectivity index (χ3v) is 9.24. The lowest BCUT2D eigenvalue weighted by molar-refractivity contribution is -0.0673. The number of phosphoric ester groups is 2. The summed E-state index contributed by atoms with van der Waals surface area (Å²) in [6, 6.07) is 0. The zero-order valence-electron chi connectivity index (χ0n) is 21.7. The number of aliphatic hydroxyl groups is 1. The molecule has 0 amide bonds. The first-order valence-electron chi connectivity index (χ1n) is 12.8. The number of nitrogens with zero attached hydrogens (tertiary/aromatic N) is 6. The average molecular weight is 643 g/mol. The maximum absolute atomic E-state index is 13.1. The summed E-state index contributed by atoms with van der Waals surface area (Å²) in [6.07, 6.45) is -4.53. The second-order valence-corrected chi connectivity index (χ2v) is 12.8. The van der Waals surface area contributed by atoms with Gasteiger partial charge in [-0.25, -0.2) is 29.1 Å². The average Bonchev–Trinajstić information content (AvgIpc) is 3.72. The predicted octanol–water partition coefficient (Wildman–Crippen LogP) is -0.131. The summed E-state index contributed by atoms with van der Waals surface area (Å²) >= 11 is 0. The van der Waals surface area contributed by atoms with E-state index in [2.05, 4.69) is 24.9 Å². The van der Waals surface area contributed by atoms with E-state index in [9.17, 15) is 33.6 Å². The fourth-order valence-electron chi connectivity index (χ4n) is 5.33. The van der Waals surface area contributed by atoms with Crippen molar-refractivity contribution in [1.29, 1.82) is 0 Å². The number of aliphatic hydroxyl groups excluding tert-OH is 1. The van der Waals surface area contributed by atoms with E-state index in [1.807, 2.05) is 0 Å². The fourth-order valence-corrected chi connectivity index (χ4v) is 7.25. The third kappa shape index (κ3) is 5.23. The maximum Gasteiger partial charge on any atom is 0.472 e. The van der Waals surface area contributed by atoms with Crippen molar-refractivity contribution in [1.82, 2.24) is 29.1 Å². The van der Waals surface area contributed by atoms with Crippen LogP contribution in [0.5, 0.6) is 0 Å². The summed E-state index contributed by atoms with van der Waals surface area (Å²) in [5.41, 5.74) is -0.429. The number of hydrogen-bond donors (Lipinski definition) is 4. The van der Waals surface area contributed by atoms with Gasteiger partial charge in [-0.1, -0.05) is 0 Å². The Hall–Kier alpha value is -3.00. The number of rotatable bonds is 2. The summed E-state index contributed by atoms with van der Waals surface area (Å²) in [6.45, 7) is -1.29. The Morgan fingerprint density at radius 3 is 2.53 bits per heavy atom. The first-order chi connectivity index (χ1) is 20.5. The van der Waals surface area contributed by atoms with Gasteiger partial charge in [-0.2, -0.15) is 0 Å². The Bertz CT molecular complexity index is 1770. The monoisotopic (exact) mass is 643 g/mol. The lowest BCUT2D eigenvalue weighted by Crippen LogP contribution is -2.36. The molecule has 3 aromatic rings. The number of aromatic nitrogens is 6. The smallest absolute Gasteiger partial charge is 0.386 e. The highest BCUT2D eigenvalue weighted by molar-refractivity contribution is 7.47. The van der Waals surface area contributed by atoms with Crippen LogP contribution in [0.1, 0.15) is 35.8 Å². The molecule has 0 aromatic carbocycles. The highest BCUT2D eigenvalue weighted by Crippen LogP contribution is 2.53. The molecule has 7 heterocycles. The van der Waals surface area contributed by atoms with Gasteiger partial charge in [0.25, 0.3) is 5.56 Å². The molecule has 7 rings (SSSR count). The molecule has 2 unspecified atom stereocenters. The minimum atomic E-state index is -4.92. The first-order valence-corrected chi connectivity index (χ1v) is 15.8. The molecular weight excluding hydrogens is 620 g/mol. The van der Waals surface area contributed by atoms with E-state index in [4.69, 9.17) is 27.6 Å². The number of carbonyl (C=O) groups excluding carboxylic acids is 1. The van der Waals surface area contributed by atoms with Crippen LogP contribution in [0.25, 0.3) is 11.2 Å². The van der Waals surface area contributed by atoms with Crippen molar-refractivity contribution in [2.75, 3.05) is 13.2 Å². The van der Waals surface area contributed by atoms with Crippen molar-refractivity contribution < 1.29 is 56.4 Å². The number of fused-ring (bicyclic) bond motifs is 5. The molecule has 2 bridgehead atoms. The van der Waals surface area contributed by atoms with E-state index in [1.165, 1.54) is 28.0 Å². The van der Waals surface area contributed by atoms with Gasteiger partial charge in [0.2, 0.25) is 0 Å². The van der Waals surface area contributed by atoms with E-state index in [1.54, 1.807) is 0 Å². The number of aliphatic imine (C=N–C) groups is 1. The number of ketones is 1. The summed E-state index contributed by atoms with van der Waals surface area (Å²) in [4.78, 5) is 64.2. The highest BCUT2D eigenvalue weighted by atomic mass is 31.2. The van der Waals surface area contributed by atoms with Crippen molar-refractivity contribution in [3.8, 4) is 0 Å². The quantitative estimate of drug-likeness (QED) is 0.265. The van der Waals surface area contributed by atoms with Crippen molar-refractivity contribution in [3.63, 3.8) is 0 Å². The Kier molecular flexibility index (Phi) is 7.07. The van der Waals surface area contributed by atoms with Gasteiger partial charge in [0, 0.05) is 19.1 Å². The molecule has 9 atom stereocenters. The molecule has 230 valence electrons. The van der Waals surface area contributed by atoms with Gasteiger partial charge in [-0.15, -0.1) is 0 Å². The van der Waals surface area contributed by atoms with Crippen molar-refractivity contribution in [3.05, 3.63) is 35.0 Å². The molecule has 22 heteroatoms. The van der Waals surface area contributed by atoms with E-state index in [0.717, 1.165) is 6.33 Å². The summed E-state index contributed by atoms with van der Waals surface area (Å²) in [7, 11) is -9.81. The van der Waals surface area contributed by atoms with E-state index < -0.39 is 77.4 Å². The number of nitrogens with one attached hydrogen (secondary N) is 1. The lowest BCUT2D eigenvalue weighted by atomic mass is 10.1. The molecular formula is C21H23N7O13P2. The highest BCUT2D eigenvalue weighted by Gasteiger charge is 2.52. The molecule has 0 radical (unpaired) electrons. The van der Waals surface area contributed by atoms with Crippen LogP contribution in [0.4, 0.5) is 5.82 Å². The molecule has 20 nitrogen and oxygen atoms in total. The molecule has 0 aliphatic carbocycles. The minimum absolute atomic E-state index is 0.0256. The van der Waals surface area contributed by atoms with Crippen LogP contribution in [-0.2, 0) is 36.7 Å². The predicted molar refractivity (Wildman–Crippen MR) is 137 cm³/mol. The molecule has 43 heavy (non-hydrogen) atoms. The molecule has 3 saturated heterocycles. The summed E-state index contributed by atoms with van der Waals surface area (Å²) < 4.78 is 61.5. The van der Waals surface area contributed by atoms with E-state index in [0.29, 0.717) is 0 Å². The zero-order chi connectivity index (χ0) is 30.1. The number of aromatic amines is 1. The molecule has 0 saturated carbocycles. The molecule has 3 aromatic heterocycles. The van der Waals surface area contributed by atoms with Crippen LogP contribution >= 0.6 is 15.6 Å². The Labute approximate surface area is 239 Å². The Balaban J connectivity index is 1.18. The van der Waals surface area contributed by atoms with Crippen molar-refractivity contribution >= 4 is 44.6 Å². The fraction of sp³-hybridized carbons (Fsp3) is 0.524. The van der Waals surface area contributed by atoms with Gasteiger partial charge in [0.1, 0.15) is 24.4 Å². The van der Waals surface area contributed by atoms with Crippen LogP contribution in [-0.4, -0.2) is 99.7 Å². The van der Waals surface area contributed by atoms with Gasteiger partial charge in [-0.05, 0) is 0 Å². The lowest BCUT2D eigenvalue weighted by Gasteiger charge is -2.25. The number of imidazole rings is 2. The second-order valence-electron chi connectivity index (χ2n) is 10.0. The zero-order valence-corrected chi connectivity index (χ0v) is 23.5. The van der Waals surface area contributed by atoms with Crippen LogP contribution < -0.4 is 5.56 Å². The number of Topliss-reactive ketones (excluding diaryl/α,β-unsaturated/α-hetero) is 1. The normalized spacial score (nSPS) is 38.3. The second kappa shape index (κ2) is 10.6. The standard InChI is InChI=1S/C21H23N7O13P2/c29-10-1-2-22-17-13(10)25-7-28(17)21-15(30)16-12(39-21)5-37-42(32,33)40-11-3-9(4-36-43(34,35)41-16)38-20(11)27-8-26-14-18(27)23-6-24-19(14)31/h2,6-9,11-12,15-16,20-21,30H,1,3-5H2,(H,32,33)(H,34,35)(H,23,24,31)/t9-,11+,12+,15+,16+,20+,21+/m0/s1. The SMILES string of the molecule is O=C1CC=Nc2c1ncn2[C@@H]1O[C@@H]2COP(=O)(O)O[C@@H]3C[C@@H](COP(=O)(O)O[C@H]2[C@H]1O)O[C@H]3n1cnc2c(=O)[nH]cnc21. The first kappa shape index (κ1) is 28.8. The van der Waals surface area contributed by atoms with E-state index >= 15 is 0 Å². The molecule has 4 aliphatic rings. The van der Waals surface area contributed by atoms with Crippen LogP contribution in [0.2, 0.25) is 0 Å². The van der Waals surface area contributed by atoms with Crippen LogP contribution in [0.15, 0.2) is 28.8 Å². The number of H-pyrrole nitrogens is 1. The van der Waals surface area contributed by atoms with Gasteiger partial charge < -0.3 is 29.4 Å². The number of ether oxygens (including phenoxy) is 2. The van der Waals surface area contributed by atoms with Gasteiger partial charge in [0.05, 0.1) is 38.3 Å². The Morgan fingerprint density at radius 1 is 0.930 bits per heavy atom. The van der Waals surface area contributed by atoms with Gasteiger partial charge >= 0.3 is 15.6 Å². The molecule has 4 aliphatic heterocycles. The van der Waals surface area contributed by atoms with Gasteiger partial charge in [0.15, 0.2) is 40.9 Å². The Morgan fingerprint density at radius 2 is 1.70 bits per heavy atom. The van der Waals surface area contributed by atoms with E-state index in [-0.39, 0.29) is 41.3 Å². The summed E-state index contributed by atoms with van der Waals surface area (Å²) in [5.74, 6) is -0.232. The van der Waals surface area contributed by atoms with Crippen LogP contribution in [0.3, 0.4) is 0 Å². The molecule has 0 spiro atoms. The maximum atomic E-state index is 13.1. The van der Waals surface area contributed by atoms with Gasteiger partial charge in [-0.3, -0.25) is 36.8 Å². The topological polar surface area (TPSA) is 261 Å². The van der Waals surface area contributed by atoms with Crippen molar-refractivity contribution in [2.45, 2.75) is 55.8 Å². The van der Waals surface area contributed by atoms with Crippen LogP contribution in [0, 0.1) is 0 Å². The number of carbonyl (C=O) groups is 1. The molecule has 3 fully saturated rings. The molecule has 4 N–H and O–H groups in total. The van der Waals surface area contributed by atoms with Crippen molar-refractivity contribution in [2.24, 2.45) is 4.99 Å². The summed E-state index contributed by atoms with van der Waals surface area (Å²) in [5, 5.41) is 11.1. The largest absolute Gasteiger partial charge is 0.472 e.